The van der Waals surface area contributed by atoms with E-state index in [9.17, 15) is 0 Å². The fourth-order valence-electron chi connectivity index (χ4n) is 0.816. The Hall–Kier alpha value is -1.12. The highest BCUT2D eigenvalue weighted by atomic mass is 15.0. The predicted octanol–water partition coefficient (Wildman–Crippen LogP) is 1.00. The van der Waals surface area contributed by atoms with Crippen molar-refractivity contribution in [1.29, 1.82) is 5.41 Å². The predicted molar refractivity (Wildman–Crippen MR) is 40.3 cm³/mol. The van der Waals surface area contributed by atoms with Crippen molar-refractivity contribution in [3.63, 3.8) is 0 Å². The second kappa shape index (κ2) is 3.15. The van der Waals surface area contributed by atoms with E-state index in [0.29, 0.717) is 0 Å². The number of rotatable bonds is 3. The number of nitrogens with zero attached hydrogens (tertiary/aromatic N) is 2. The summed E-state index contributed by atoms with van der Waals surface area (Å²) in [5.74, 6) is 0. The van der Waals surface area contributed by atoms with Gasteiger partial charge >= 0.3 is 0 Å². The summed E-state index contributed by atoms with van der Waals surface area (Å²) in [4.78, 5) is 4.11. The summed E-state index contributed by atoms with van der Waals surface area (Å²) in [5, 5.41) is 6.80. The molecule has 10 heavy (non-hydrogen) atoms. The average molecular weight is 137 g/mol. The molecule has 0 aromatic carbocycles. The van der Waals surface area contributed by atoms with Crippen molar-refractivity contribution in [1.82, 2.24) is 9.55 Å². The molecule has 0 unspecified atom stereocenters. The zero-order chi connectivity index (χ0) is 7.40. The molecule has 0 radical (unpaired) electrons. The van der Waals surface area contributed by atoms with Gasteiger partial charge < -0.3 is 9.98 Å². The van der Waals surface area contributed by atoms with Crippen LogP contribution >= 0.6 is 0 Å². The van der Waals surface area contributed by atoms with E-state index in [2.05, 4.69) is 4.98 Å². The first-order valence-electron chi connectivity index (χ1n) is 3.28. The van der Waals surface area contributed by atoms with Gasteiger partial charge in [0.15, 0.2) is 0 Å². The lowest BCUT2D eigenvalue weighted by atomic mass is 10.3. The fourth-order valence-corrected chi connectivity index (χ4v) is 0.816. The third kappa shape index (κ3) is 1.69. The molecule has 0 amide bonds. The van der Waals surface area contributed by atoms with Gasteiger partial charge in [-0.15, -0.1) is 0 Å². The summed E-state index contributed by atoms with van der Waals surface area (Å²) in [5.41, 5.74) is 1.06. The quantitative estimate of drug-likeness (QED) is 0.620. The Morgan fingerprint density at radius 2 is 2.60 bits per heavy atom. The normalized spacial score (nSPS) is 9.70. The first-order valence-corrected chi connectivity index (χ1v) is 3.28. The van der Waals surface area contributed by atoms with Crippen LogP contribution in [0.5, 0.6) is 0 Å². The highest BCUT2D eigenvalue weighted by Gasteiger charge is 1.92. The summed E-state index contributed by atoms with van der Waals surface area (Å²) >= 11 is 0. The van der Waals surface area contributed by atoms with Crippen LogP contribution < -0.4 is 0 Å². The van der Waals surface area contributed by atoms with Crippen molar-refractivity contribution in [3.8, 4) is 0 Å². The van der Waals surface area contributed by atoms with E-state index in [4.69, 9.17) is 5.41 Å². The monoisotopic (exact) mass is 137 g/mol. The molecular weight excluding hydrogens is 126 g/mol. The third-order valence-corrected chi connectivity index (χ3v) is 1.30. The van der Waals surface area contributed by atoms with Crippen molar-refractivity contribution in [2.75, 3.05) is 0 Å². The van der Waals surface area contributed by atoms with Gasteiger partial charge in [-0.1, -0.05) is 0 Å². The van der Waals surface area contributed by atoms with Gasteiger partial charge in [0, 0.05) is 13.2 Å². The van der Waals surface area contributed by atoms with Crippen molar-refractivity contribution in [3.05, 3.63) is 18.2 Å². The zero-order valence-electron chi connectivity index (χ0n) is 6.04. The van der Waals surface area contributed by atoms with E-state index in [1.165, 1.54) is 6.21 Å². The number of aromatic nitrogens is 2. The van der Waals surface area contributed by atoms with Gasteiger partial charge in [-0.25, -0.2) is 4.98 Å². The van der Waals surface area contributed by atoms with Crippen LogP contribution in [0.4, 0.5) is 0 Å². The molecule has 1 N–H and O–H groups in total. The van der Waals surface area contributed by atoms with Crippen LogP contribution in [-0.2, 0) is 13.5 Å². The molecule has 1 aromatic rings. The first kappa shape index (κ1) is 6.99. The first-order chi connectivity index (χ1) is 4.83. The molecule has 0 saturated heterocycles. The Bertz CT molecular complexity index is 214. The standard InChI is InChI=1S/C7H11N3/c1-10-5-7(9-6-10)3-2-4-8/h4-6,8H,2-3H2,1H3. The van der Waals surface area contributed by atoms with Crippen LogP contribution in [0.1, 0.15) is 12.1 Å². The van der Waals surface area contributed by atoms with Gasteiger partial charge in [0.2, 0.25) is 0 Å². The van der Waals surface area contributed by atoms with Crippen LogP contribution in [0.15, 0.2) is 12.5 Å². The maximum absolute atomic E-state index is 6.80. The minimum atomic E-state index is 0.789. The van der Waals surface area contributed by atoms with E-state index in [1.807, 2.05) is 17.8 Å². The molecule has 0 spiro atoms. The van der Waals surface area contributed by atoms with Crippen LogP contribution in [0, 0.1) is 5.41 Å². The topological polar surface area (TPSA) is 41.7 Å². The van der Waals surface area contributed by atoms with Crippen LogP contribution in [0.3, 0.4) is 0 Å². The highest BCUT2D eigenvalue weighted by Crippen LogP contribution is 1.96. The number of aryl methyl sites for hydroxylation is 2. The lowest BCUT2D eigenvalue weighted by molar-refractivity contribution is 0.911. The van der Waals surface area contributed by atoms with Gasteiger partial charge in [0.1, 0.15) is 0 Å². The van der Waals surface area contributed by atoms with Gasteiger partial charge in [-0.05, 0) is 19.1 Å². The molecule has 3 heteroatoms. The molecule has 0 fully saturated rings. The Morgan fingerprint density at radius 1 is 1.80 bits per heavy atom. The molecule has 1 aromatic heterocycles. The van der Waals surface area contributed by atoms with Crippen molar-refractivity contribution in [2.24, 2.45) is 7.05 Å². The second-order valence-corrected chi connectivity index (χ2v) is 2.27. The molecular formula is C7H11N3. The highest BCUT2D eigenvalue weighted by molar-refractivity contribution is 5.53. The smallest absolute Gasteiger partial charge is 0.0946 e. The minimum Gasteiger partial charge on any atom is -0.340 e. The lowest BCUT2D eigenvalue weighted by Crippen LogP contribution is -1.84. The van der Waals surface area contributed by atoms with E-state index in [1.54, 1.807) is 6.33 Å². The summed E-state index contributed by atoms with van der Waals surface area (Å²) in [6.45, 7) is 0. The Morgan fingerprint density at radius 3 is 3.10 bits per heavy atom. The van der Waals surface area contributed by atoms with Crippen LogP contribution in [0.2, 0.25) is 0 Å². The summed E-state index contributed by atoms with van der Waals surface area (Å²) in [6, 6.07) is 0. The molecule has 1 heterocycles. The molecule has 3 nitrogen and oxygen atoms in total. The number of imidazole rings is 1. The van der Waals surface area contributed by atoms with Crippen molar-refractivity contribution in [2.45, 2.75) is 12.8 Å². The van der Waals surface area contributed by atoms with E-state index >= 15 is 0 Å². The minimum absolute atomic E-state index is 0.789. The van der Waals surface area contributed by atoms with E-state index in [0.717, 1.165) is 18.5 Å². The molecule has 0 atom stereocenters. The van der Waals surface area contributed by atoms with Crippen LogP contribution in [0.25, 0.3) is 0 Å². The molecule has 0 saturated carbocycles. The van der Waals surface area contributed by atoms with Gasteiger partial charge in [-0.2, -0.15) is 0 Å². The molecule has 1 rings (SSSR count). The fraction of sp³-hybridized carbons (Fsp3) is 0.429. The SMILES string of the molecule is Cn1cnc(CCC=N)c1. The average Bonchev–Trinajstić information content (AvgIpc) is 2.31. The lowest BCUT2D eigenvalue weighted by Gasteiger charge is -1.87. The van der Waals surface area contributed by atoms with E-state index < -0.39 is 0 Å². The number of hydrogen-bond donors (Lipinski definition) is 1. The molecule has 0 bridgehead atoms. The third-order valence-electron chi connectivity index (χ3n) is 1.30. The van der Waals surface area contributed by atoms with Gasteiger partial charge in [-0.3, -0.25) is 0 Å². The maximum atomic E-state index is 6.80. The largest absolute Gasteiger partial charge is 0.340 e. The zero-order valence-corrected chi connectivity index (χ0v) is 6.04. The molecule has 0 aliphatic heterocycles. The molecule has 54 valence electrons. The Kier molecular flexibility index (Phi) is 2.20. The van der Waals surface area contributed by atoms with Gasteiger partial charge in [0.25, 0.3) is 0 Å². The Balaban J connectivity index is 2.49. The summed E-state index contributed by atoms with van der Waals surface area (Å²) in [6.07, 6.45) is 6.83. The molecule has 0 aliphatic rings. The number of nitrogens with one attached hydrogen (secondary N) is 1. The van der Waals surface area contributed by atoms with Crippen LogP contribution in [-0.4, -0.2) is 15.8 Å². The van der Waals surface area contributed by atoms with Crippen molar-refractivity contribution >= 4 is 6.21 Å². The summed E-state index contributed by atoms with van der Waals surface area (Å²) in [7, 11) is 1.95. The Labute approximate surface area is 60.2 Å². The maximum Gasteiger partial charge on any atom is 0.0946 e. The van der Waals surface area contributed by atoms with E-state index in [-0.39, 0.29) is 0 Å². The second-order valence-electron chi connectivity index (χ2n) is 2.27. The number of hydrogen-bond acceptors (Lipinski definition) is 2. The molecule has 0 aliphatic carbocycles. The summed E-state index contributed by atoms with van der Waals surface area (Å²) < 4.78 is 1.92. The van der Waals surface area contributed by atoms with Crippen molar-refractivity contribution < 1.29 is 0 Å². The van der Waals surface area contributed by atoms with Gasteiger partial charge in [0.05, 0.1) is 12.0 Å².